The summed E-state index contributed by atoms with van der Waals surface area (Å²) in [5.74, 6) is 0.588. The van der Waals surface area contributed by atoms with E-state index in [1.165, 1.54) is 37.7 Å². The summed E-state index contributed by atoms with van der Waals surface area (Å²) in [6, 6.07) is 30.4. The highest BCUT2D eigenvalue weighted by atomic mass is 16.2. The quantitative estimate of drug-likeness (QED) is 0.266. The predicted molar refractivity (Wildman–Crippen MR) is 143 cm³/mol. The number of nitrogens with zero attached hydrogens (tertiary/aromatic N) is 3. The van der Waals surface area contributed by atoms with Gasteiger partial charge in [-0.3, -0.25) is 9.78 Å². The molecule has 0 spiro atoms. The van der Waals surface area contributed by atoms with Crippen molar-refractivity contribution in [3.05, 3.63) is 108 Å². The number of aromatic nitrogens is 1. The van der Waals surface area contributed by atoms with Crippen molar-refractivity contribution < 1.29 is 4.79 Å². The fraction of sp³-hybridized carbons (Fsp3) is 0.290. The molecule has 35 heavy (non-hydrogen) atoms. The normalized spacial score (nSPS) is 14.3. The molecule has 4 heteroatoms. The molecular formula is C31H33N3O. The van der Waals surface area contributed by atoms with Crippen molar-refractivity contribution in [1.82, 2.24) is 9.99 Å². The molecule has 0 bridgehead atoms. The minimum Gasteiger partial charge on any atom is -0.267 e. The number of amides is 1. The number of anilines is 1. The summed E-state index contributed by atoms with van der Waals surface area (Å²) < 4.78 is 0. The predicted octanol–water partition coefficient (Wildman–Crippen LogP) is 6.92. The van der Waals surface area contributed by atoms with Crippen LogP contribution in [0, 0.1) is 5.92 Å². The number of hydrazine groups is 1. The highest BCUT2D eigenvalue weighted by Crippen LogP contribution is 2.28. The molecule has 4 nitrogen and oxygen atoms in total. The first-order valence-corrected chi connectivity index (χ1v) is 12.8. The number of fused-ring (bicyclic) bond motifs is 1. The van der Waals surface area contributed by atoms with E-state index in [1.54, 1.807) is 0 Å². The molecule has 0 unspecified atom stereocenters. The molecule has 178 valence electrons. The monoisotopic (exact) mass is 463 g/mol. The van der Waals surface area contributed by atoms with Crippen LogP contribution in [0.15, 0.2) is 97.2 Å². The van der Waals surface area contributed by atoms with E-state index >= 15 is 0 Å². The standard InChI is InChI=1S/C31H33N3O/c35-31(27-16-8-3-9-17-27)34(29-22-28-18-10-11-19-30(28)32-23-29)33(24-26-14-6-2-7-15-26)21-20-25-12-4-1-5-13-25/h1,3-5,8-13,16-19,22-23,26H,2,6-7,14-15,20-21,24H2. The summed E-state index contributed by atoms with van der Waals surface area (Å²) >= 11 is 0. The third kappa shape index (κ3) is 5.77. The maximum atomic E-state index is 14.0. The van der Waals surface area contributed by atoms with Crippen molar-refractivity contribution in [3.8, 4) is 0 Å². The molecule has 1 aliphatic rings. The molecular weight excluding hydrogens is 430 g/mol. The minimum absolute atomic E-state index is 0.00782. The summed E-state index contributed by atoms with van der Waals surface area (Å²) in [6.45, 7) is 1.64. The molecule has 0 radical (unpaired) electrons. The highest BCUT2D eigenvalue weighted by Gasteiger charge is 2.28. The Morgan fingerprint density at radius 2 is 1.51 bits per heavy atom. The number of pyridine rings is 1. The van der Waals surface area contributed by atoms with E-state index < -0.39 is 0 Å². The second kappa shape index (κ2) is 11.3. The Hall–Kier alpha value is -3.50. The summed E-state index contributed by atoms with van der Waals surface area (Å²) in [7, 11) is 0. The van der Waals surface area contributed by atoms with Gasteiger partial charge in [-0.25, -0.2) is 10.0 Å². The zero-order valence-corrected chi connectivity index (χ0v) is 20.2. The van der Waals surface area contributed by atoms with Crippen LogP contribution in [0.3, 0.4) is 0 Å². The molecule has 4 aromatic rings. The van der Waals surface area contributed by atoms with E-state index in [-0.39, 0.29) is 5.91 Å². The molecule has 0 atom stereocenters. The van der Waals surface area contributed by atoms with E-state index in [9.17, 15) is 4.79 Å². The smallest absolute Gasteiger partial charge is 0.267 e. The van der Waals surface area contributed by atoms with Crippen LogP contribution in [0.25, 0.3) is 10.9 Å². The lowest BCUT2D eigenvalue weighted by atomic mass is 9.89. The molecule has 0 N–H and O–H groups in total. The largest absolute Gasteiger partial charge is 0.272 e. The van der Waals surface area contributed by atoms with E-state index in [1.807, 2.05) is 59.7 Å². The summed E-state index contributed by atoms with van der Waals surface area (Å²) in [6.07, 6.45) is 9.06. The summed E-state index contributed by atoms with van der Waals surface area (Å²) in [4.78, 5) is 18.7. The van der Waals surface area contributed by atoms with Gasteiger partial charge >= 0.3 is 0 Å². The lowest BCUT2D eigenvalue weighted by Crippen LogP contribution is -2.50. The van der Waals surface area contributed by atoms with Gasteiger partial charge in [0.25, 0.3) is 5.91 Å². The summed E-state index contributed by atoms with van der Waals surface area (Å²) in [5.41, 5.74) is 3.73. The van der Waals surface area contributed by atoms with Crippen LogP contribution in [0.4, 0.5) is 5.69 Å². The Labute approximate surface area is 208 Å². The fourth-order valence-electron chi connectivity index (χ4n) is 5.13. The second-order valence-corrected chi connectivity index (χ2v) is 9.52. The van der Waals surface area contributed by atoms with Gasteiger partial charge in [-0.1, -0.05) is 86.0 Å². The van der Waals surface area contributed by atoms with E-state index in [0.717, 1.165) is 36.1 Å². The van der Waals surface area contributed by atoms with E-state index in [0.29, 0.717) is 11.5 Å². The highest BCUT2D eigenvalue weighted by molar-refractivity contribution is 6.06. The van der Waals surface area contributed by atoms with Gasteiger partial charge < -0.3 is 0 Å². The Balaban J connectivity index is 1.53. The van der Waals surface area contributed by atoms with Crippen molar-refractivity contribution in [3.63, 3.8) is 0 Å². The van der Waals surface area contributed by atoms with Crippen molar-refractivity contribution in [2.24, 2.45) is 5.92 Å². The molecule has 1 fully saturated rings. The number of hydrogen-bond donors (Lipinski definition) is 0. The molecule has 5 rings (SSSR count). The summed E-state index contributed by atoms with van der Waals surface area (Å²) in [5, 5.41) is 5.22. The van der Waals surface area contributed by atoms with Crippen LogP contribution in [0.1, 0.15) is 48.0 Å². The Bertz CT molecular complexity index is 1240. The van der Waals surface area contributed by atoms with E-state index in [4.69, 9.17) is 4.98 Å². The molecule has 1 aliphatic carbocycles. The van der Waals surface area contributed by atoms with Crippen LogP contribution in [0.5, 0.6) is 0 Å². The molecule has 3 aromatic carbocycles. The lowest BCUT2D eigenvalue weighted by molar-refractivity contribution is 0.0866. The average molecular weight is 464 g/mol. The average Bonchev–Trinajstić information content (AvgIpc) is 2.93. The Morgan fingerprint density at radius 1 is 0.829 bits per heavy atom. The third-order valence-electron chi connectivity index (χ3n) is 7.01. The molecule has 0 saturated heterocycles. The van der Waals surface area contributed by atoms with Crippen LogP contribution < -0.4 is 5.01 Å². The van der Waals surface area contributed by atoms with E-state index in [2.05, 4.69) is 47.5 Å². The van der Waals surface area contributed by atoms with Crippen molar-refractivity contribution in [2.45, 2.75) is 38.5 Å². The molecule has 0 aliphatic heterocycles. The number of carbonyl (C=O) groups excluding carboxylic acids is 1. The van der Waals surface area contributed by atoms with Crippen LogP contribution in [-0.2, 0) is 6.42 Å². The zero-order chi connectivity index (χ0) is 23.9. The fourth-order valence-corrected chi connectivity index (χ4v) is 5.13. The van der Waals surface area contributed by atoms with Gasteiger partial charge in [-0.2, -0.15) is 0 Å². The minimum atomic E-state index is -0.00782. The third-order valence-corrected chi connectivity index (χ3v) is 7.01. The number of rotatable bonds is 8. The van der Waals surface area contributed by atoms with Crippen LogP contribution in [0.2, 0.25) is 0 Å². The second-order valence-electron chi connectivity index (χ2n) is 9.52. The number of carbonyl (C=O) groups is 1. The first-order chi connectivity index (χ1) is 17.3. The molecule has 1 aromatic heterocycles. The topological polar surface area (TPSA) is 36.4 Å². The van der Waals surface area contributed by atoms with Gasteiger partial charge in [0.05, 0.1) is 17.4 Å². The molecule has 1 saturated carbocycles. The van der Waals surface area contributed by atoms with Gasteiger partial charge in [-0.15, -0.1) is 0 Å². The van der Waals surface area contributed by atoms with Gasteiger partial charge in [-0.05, 0) is 55.0 Å². The van der Waals surface area contributed by atoms with Crippen molar-refractivity contribution in [2.75, 3.05) is 18.1 Å². The van der Waals surface area contributed by atoms with Gasteiger partial charge in [0.1, 0.15) is 0 Å². The van der Waals surface area contributed by atoms with Crippen LogP contribution >= 0.6 is 0 Å². The number of para-hydroxylation sites is 1. The number of hydrogen-bond acceptors (Lipinski definition) is 3. The van der Waals surface area contributed by atoms with Crippen molar-refractivity contribution >= 4 is 22.5 Å². The number of benzene rings is 3. The van der Waals surface area contributed by atoms with Crippen LogP contribution in [-0.4, -0.2) is 29.0 Å². The first kappa shape index (κ1) is 23.3. The van der Waals surface area contributed by atoms with Gasteiger partial charge in [0.15, 0.2) is 0 Å². The molecule has 1 amide bonds. The first-order valence-electron chi connectivity index (χ1n) is 12.8. The SMILES string of the molecule is O=C(c1ccccc1)N(c1cnc2ccccc2c1)N(CCc1ccccc1)CC1CCCCC1. The maximum Gasteiger partial charge on any atom is 0.272 e. The Kier molecular flexibility index (Phi) is 7.50. The lowest BCUT2D eigenvalue weighted by Gasteiger charge is -2.38. The van der Waals surface area contributed by atoms with Gasteiger partial charge in [0, 0.05) is 24.0 Å². The van der Waals surface area contributed by atoms with Crippen molar-refractivity contribution in [1.29, 1.82) is 0 Å². The molecule has 1 heterocycles. The van der Waals surface area contributed by atoms with Gasteiger partial charge in [0.2, 0.25) is 0 Å². The maximum absolute atomic E-state index is 14.0. The Morgan fingerprint density at radius 3 is 2.29 bits per heavy atom. The zero-order valence-electron chi connectivity index (χ0n) is 20.2.